The molecule has 2 heterocycles. The second kappa shape index (κ2) is 6.45. The van der Waals surface area contributed by atoms with Gasteiger partial charge < -0.3 is 9.47 Å². The van der Waals surface area contributed by atoms with Crippen molar-refractivity contribution < 1.29 is 14.3 Å². The van der Waals surface area contributed by atoms with Crippen LogP contribution in [-0.4, -0.2) is 38.9 Å². The van der Waals surface area contributed by atoms with Gasteiger partial charge in [-0.1, -0.05) is 0 Å². The third kappa shape index (κ3) is 3.63. The number of rotatable bonds is 5. The van der Waals surface area contributed by atoms with E-state index in [1.54, 1.807) is 24.3 Å². The van der Waals surface area contributed by atoms with E-state index in [2.05, 4.69) is 15.5 Å². The number of esters is 1. The van der Waals surface area contributed by atoms with Gasteiger partial charge in [0.25, 0.3) is 0 Å². The van der Waals surface area contributed by atoms with Gasteiger partial charge in [-0.2, -0.15) is 0 Å². The molecule has 2 aromatic rings. The van der Waals surface area contributed by atoms with Crippen molar-refractivity contribution >= 4 is 5.97 Å². The summed E-state index contributed by atoms with van der Waals surface area (Å²) in [6, 6.07) is 7.03. The Morgan fingerprint density at radius 3 is 2.90 bits per heavy atom. The second-order valence-corrected chi connectivity index (χ2v) is 4.90. The quantitative estimate of drug-likeness (QED) is 0.613. The van der Waals surface area contributed by atoms with E-state index in [-0.39, 0.29) is 12.1 Å². The molecule has 3 rings (SSSR count). The summed E-state index contributed by atoms with van der Waals surface area (Å²) in [7, 11) is 0. The van der Waals surface area contributed by atoms with Crippen LogP contribution >= 0.6 is 0 Å². The van der Waals surface area contributed by atoms with E-state index in [0.717, 1.165) is 31.6 Å². The van der Waals surface area contributed by atoms with Crippen molar-refractivity contribution in [1.29, 1.82) is 0 Å². The molecule has 0 unspecified atom stereocenters. The Kier molecular flexibility index (Phi) is 4.20. The largest absolute Gasteiger partial charge is 0.427 e. The van der Waals surface area contributed by atoms with E-state index in [9.17, 15) is 4.79 Å². The first-order valence-electron chi connectivity index (χ1n) is 6.97. The Morgan fingerprint density at radius 2 is 2.24 bits per heavy atom. The first-order chi connectivity index (χ1) is 10.3. The predicted octanol–water partition coefficient (Wildman–Crippen LogP) is 1.53. The van der Waals surface area contributed by atoms with Crippen molar-refractivity contribution in [3.63, 3.8) is 0 Å². The van der Waals surface area contributed by atoms with Crippen molar-refractivity contribution in [2.45, 2.75) is 31.8 Å². The van der Waals surface area contributed by atoms with Gasteiger partial charge in [0.15, 0.2) is 0 Å². The number of ether oxygens (including phenoxy) is 2. The van der Waals surface area contributed by atoms with Crippen LogP contribution in [0.3, 0.4) is 0 Å². The van der Waals surface area contributed by atoms with Crippen molar-refractivity contribution in [3.05, 3.63) is 30.6 Å². The van der Waals surface area contributed by atoms with E-state index in [1.165, 1.54) is 11.0 Å². The van der Waals surface area contributed by atoms with Gasteiger partial charge in [-0.3, -0.25) is 4.79 Å². The third-order valence-electron chi connectivity index (χ3n) is 3.38. The minimum absolute atomic E-state index is 0.208. The second-order valence-electron chi connectivity index (χ2n) is 4.90. The van der Waals surface area contributed by atoms with Crippen molar-refractivity contribution in [3.8, 4) is 11.4 Å². The number of hydrogen-bond acceptors (Lipinski definition) is 6. The average molecular weight is 288 g/mol. The fraction of sp³-hybridized carbons (Fsp3) is 0.429. The van der Waals surface area contributed by atoms with Gasteiger partial charge in [0.1, 0.15) is 12.1 Å². The van der Waals surface area contributed by atoms with Gasteiger partial charge in [0.2, 0.25) is 0 Å². The van der Waals surface area contributed by atoms with Crippen molar-refractivity contribution in [1.82, 2.24) is 20.2 Å². The molecule has 7 heteroatoms. The Labute approximate surface area is 121 Å². The summed E-state index contributed by atoms with van der Waals surface area (Å²) >= 11 is 0. The zero-order chi connectivity index (χ0) is 14.5. The zero-order valence-corrected chi connectivity index (χ0v) is 11.5. The molecule has 0 amide bonds. The molecule has 1 aromatic carbocycles. The molecule has 110 valence electrons. The molecule has 1 saturated heterocycles. The highest BCUT2D eigenvalue weighted by atomic mass is 16.5. The Balaban J connectivity index is 1.51. The van der Waals surface area contributed by atoms with Gasteiger partial charge in [0.05, 0.1) is 11.8 Å². The van der Waals surface area contributed by atoms with Gasteiger partial charge in [-0.25, -0.2) is 4.68 Å². The summed E-state index contributed by atoms with van der Waals surface area (Å²) in [4.78, 5) is 11.8. The highest BCUT2D eigenvalue weighted by Gasteiger charge is 2.17. The lowest BCUT2D eigenvalue weighted by Gasteiger charge is -2.09. The van der Waals surface area contributed by atoms with Gasteiger partial charge in [-0.15, -0.1) is 5.10 Å². The Morgan fingerprint density at radius 1 is 1.38 bits per heavy atom. The number of carbonyl (C=O) groups is 1. The topological polar surface area (TPSA) is 79.1 Å². The molecular weight excluding hydrogens is 272 g/mol. The highest BCUT2D eigenvalue weighted by Crippen LogP contribution is 2.18. The SMILES string of the molecule is O=C(CC[C@@H]1CCCO1)Oc1ccc(-n2cnnn2)cc1. The maximum Gasteiger partial charge on any atom is 0.311 e. The highest BCUT2D eigenvalue weighted by molar-refractivity contribution is 5.72. The van der Waals surface area contributed by atoms with Crippen molar-refractivity contribution in [2.24, 2.45) is 0 Å². The first-order valence-corrected chi connectivity index (χ1v) is 6.97. The molecule has 1 aliphatic rings. The normalized spacial score (nSPS) is 17.8. The number of benzene rings is 1. The molecular formula is C14H16N4O3. The summed E-state index contributed by atoms with van der Waals surface area (Å²) in [6.07, 6.45) is 4.93. The number of aromatic nitrogens is 4. The number of carbonyl (C=O) groups excluding carboxylic acids is 1. The first kappa shape index (κ1) is 13.7. The lowest BCUT2D eigenvalue weighted by molar-refractivity contribution is -0.135. The molecule has 1 fully saturated rings. The molecule has 0 spiro atoms. The number of nitrogens with zero attached hydrogens (tertiary/aromatic N) is 4. The van der Waals surface area contributed by atoms with Gasteiger partial charge in [-0.05, 0) is 54.0 Å². The van der Waals surface area contributed by atoms with Gasteiger partial charge >= 0.3 is 5.97 Å². The van der Waals surface area contributed by atoms with Crippen LogP contribution in [0, 0.1) is 0 Å². The van der Waals surface area contributed by atoms with Crippen LogP contribution in [0.5, 0.6) is 5.75 Å². The van der Waals surface area contributed by atoms with Crippen molar-refractivity contribution in [2.75, 3.05) is 6.61 Å². The fourth-order valence-electron chi connectivity index (χ4n) is 2.28. The molecule has 0 radical (unpaired) electrons. The van der Waals surface area contributed by atoms with E-state index >= 15 is 0 Å². The summed E-state index contributed by atoms with van der Waals surface area (Å²) in [6.45, 7) is 0.804. The van der Waals surface area contributed by atoms with E-state index in [0.29, 0.717) is 12.2 Å². The summed E-state index contributed by atoms with van der Waals surface area (Å²) < 4.78 is 12.3. The Hall–Kier alpha value is -2.28. The van der Waals surface area contributed by atoms with E-state index < -0.39 is 0 Å². The average Bonchev–Trinajstić information content (AvgIpc) is 3.19. The number of tetrazole rings is 1. The molecule has 21 heavy (non-hydrogen) atoms. The molecule has 1 aromatic heterocycles. The molecule has 7 nitrogen and oxygen atoms in total. The standard InChI is InChI=1S/C14H16N4O3/c19-14(8-7-12-2-1-9-20-12)21-13-5-3-11(4-6-13)18-10-15-16-17-18/h3-6,10,12H,1-2,7-9H2/t12-/m0/s1. The fourth-order valence-corrected chi connectivity index (χ4v) is 2.28. The smallest absolute Gasteiger partial charge is 0.311 e. The number of hydrogen-bond donors (Lipinski definition) is 0. The summed E-state index contributed by atoms with van der Waals surface area (Å²) in [5.41, 5.74) is 0.805. The van der Waals surface area contributed by atoms with Crippen LogP contribution in [0.2, 0.25) is 0 Å². The minimum atomic E-state index is -0.235. The summed E-state index contributed by atoms with van der Waals surface area (Å²) in [5, 5.41) is 10.9. The van der Waals surface area contributed by atoms with Gasteiger partial charge in [0, 0.05) is 13.0 Å². The maximum absolute atomic E-state index is 11.8. The van der Waals surface area contributed by atoms with Crippen LogP contribution in [0.1, 0.15) is 25.7 Å². The summed E-state index contributed by atoms with van der Waals surface area (Å²) in [5.74, 6) is 0.282. The van der Waals surface area contributed by atoms with Crippen LogP contribution in [0.15, 0.2) is 30.6 Å². The van der Waals surface area contributed by atoms with E-state index in [1.807, 2.05) is 0 Å². The molecule has 1 atom stereocenters. The zero-order valence-electron chi connectivity index (χ0n) is 11.5. The lowest BCUT2D eigenvalue weighted by Crippen LogP contribution is -2.13. The minimum Gasteiger partial charge on any atom is -0.427 e. The Bertz CT molecular complexity index is 577. The van der Waals surface area contributed by atoms with Crippen LogP contribution in [-0.2, 0) is 9.53 Å². The molecule has 0 saturated carbocycles. The van der Waals surface area contributed by atoms with E-state index in [4.69, 9.17) is 9.47 Å². The van der Waals surface area contributed by atoms with Crippen LogP contribution in [0.4, 0.5) is 0 Å². The third-order valence-corrected chi connectivity index (χ3v) is 3.38. The molecule has 1 aliphatic heterocycles. The molecule has 0 N–H and O–H groups in total. The lowest BCUT2D eigenvalue weighted by atomic mass is 10.1. The molecule has 0 aliphatic carbocycles. The van der Waals surface area contributed by atoms with Crippen LogP contribution < -0.4 is 4.74 Å². The monoisotopic (exact) mass is 288 g/mol. The predicted molar refractivity (Wildman–Crippen MR) is 73.0 cm³/mol. The molecule has 0 bridgehead atoms. The van der Waals surface area contributed by atoms with Crippen LogP contribution in [0.25, 0.3) is 5.69 Å². The maximum atomic E-state index is 11.8.